The largest absolute Gasteiger partial charge is 0.329 e. The van der Waals surface area contributed by atoms with Crippen molar-refractivity contribution in [1.82, 2.24) is 18.9 Å². The van der Waals surface area contributed by atoms with Crippen LogP contribution in [0.5, 0.6) is 0 Å². The summed E-state index contributed by atoms with van der Waals surface area (Å²) in [5.74, 6) is -2.32. The van der Waals surface area contributed by atoms with Crippen molar-refractivity contribution in [3.05, 3.63) is 140 Å². The van der Waals surface area contributed by atoms with E-state index in [1.165, 1.54) is 9.13 Å². The maximum atomic E-state index is 14.1. The third-order valence-electron chi connectivity index (χ3n) is 9.35. The highest BCUT2D eigenvalue weighted by atomic mass is 16.2. The van der Waals surface area contributed by atoms with E-state index in [1.54, 1.807) is 84.9 Å². The van der Waals surface area contributed by atoms with Crippen molar-refractivity contribution in [2.24, 2.45) is 0 Å². The first-order valence-corrected chi connectivity index (χ1v) is 15.6. The van der Waals surface area contributed by atoms with E-state index in [0.717, 1.165) is 9.80 Å². The topological polar surface area (TPSA) is 136 Å². The molecule has 4 amide bonds. The summed E-state index contributed by atoms with van der Waals surface area (Å²) in [6, 6.07) is 22.9. The molecule has 0 bridgehead atoms. The molecule has 236 valence electrons. The molecule has 3 aliphatic rings. The predicted octanol–water partition coefficient (Wildman–Crippen LogP) is 3.95. The van der Waals surface area contributed by atoms with Crippen LogP contribution in [0.15, 0.2) is 89.7 Å². The number of imidazole rings is 1. The van der Waals surface area contributed by atoms with Crippen LogP contribution in [0.2, 0.25) is 0 Å². The molecule has 8 rings (SSSR count). The van der Waals surface area contributed by atoms with Gasteiger partial charge in [-0.05, 0) is 49.2 Å². The fraction of sp³-hybridized carbons (Fsp3) is 0.162. The van der Waals surface area contributed by atoms with E-state index < -0.39 is 29.3 Å². The number of rotatable bonds is 8. The molecule has 0 unspecified atom stereocenters. The van der Waals surface area contributed by atoms with Crippen molar-refractivity contribution in [3.8, 4) is 0 Å². The number of amides is 4. The number of aryl methyl sites for hydroxylation is 2. The second-order valence-corrected chi connectivity index (χ2v) is 12.0. The van der Waals surface area contributed by atoms with Crippen LogP contribution in [0.1, 0.15) is 86.1 Å². The van der Waals surface area contributed by atoms with Crippen LogP contribution >= 0.6 is 0 Å². The van der Waals surface area contributed by atoms with Crippen LogP contribution in [-0.2, 0) is 13.1 Å². The molecule has 1 aliphatic carbocycles. The average Bonchev–Trinajstić information content (AvgIpc) is 3.63. The third-order valence-corrected chi connectivity index (χ3v) is 9.35. The van der Waals surface area contributed by atoms with Gasteiger partial charge in [0.05, 0.1) is 38.9 Å². The lowest BCUT2D eigenvalue weighted by Gasteiger charge is -2.19. The number of hydrogen-bond donors (Lipinski definition) is 0. The molecule has 0 saturated heterocycles. The summed E-state index contributed by atoms with van der Waals surface area (Å²) >= 11 is 0. The molecular formula is C37H26N4O7. The molecule has 0 saturated carbocycles. The molecule has 3 heterocycles. The lowest BCUT2D eigenvalue weighted by atomic mass is 9.83. The number of carbonyl (C=O) groups is 6. The molecule has 48 heavy (non-hydrogen) atoms. The number of hydrogen-bond acceptors (Lipinski definition) is 7. The zero-order valence-corrected chi connectivity index (χ0v) is 25.5. The molecule has 0 atom stereocenters. The highest BCUT2D eigenvalue weighted by Crippen LogP contribution is 2.33. The first-order valence-electron chi connectivity index (χ1n) is 15.6. The van der Waals surface area contributed by atoms with E-state index in [2.05, 4.69) is 0 Å². The lowest BCUT2D eigenvalue weighted by molar-refractivity contribution is 0.0636. The maximum absolute atomic E-state index is 14.1. The van der Waals surface area contributed by atoms with Crippen LogP contribution in [0, 0.1) is 0 Å². The van der Waals surface area contributed by atoms with Gasteiger partial charge in [-0.25, -0.2) is 4.79 Å². The van der Waals surface area contributed by atoms with Gasteiger partial charge in [0.25, 0.3) is 23.6 Å². The fourth-order valence-corrected chi connectivity index (χ4v) is 7.08. The molecular weight excluding hydrogens is 612 g/mol. The zero-order valence-electron chi connectivity index (χ0n) is 25.5. The van der Waals surface area contributed by atoms with Gasteiger partial charge in [-0.1, -0.05) is 48.5 Å². The van der Waals surface area contributed by atoms with E-state index in [4.69, 9.17) is 0 Å². The van der Waals surface area contributed by atoms with E-state index in [9.17, 15) is 33.6 Å². The highest BCUT2D eigenvalue weighted by Gasteiger charge is 2.37. The Hall–Kier alpha value is -6.23. The van der Waals surface area contributed by atoms with E-state index in [0.29, 0.717) is 27.8 Å². The SMILES string of the molecule is O=C1c2ccccc2C(=O)c2c1ccc1c2n(CCCN2C(=O)c3ccccc3C2=O)c(=O)n1CCCN1C(=O)c2ccccc2C1=O. The Balaban J connectivity index is 1.13. The van der Waals surface area contributed by atoms with Gasteiger partial charge < -0.3 is 0 Å². The minimum atomic E-state index is -0.456. The fourth-order valence-electron chi connectivity index (χ4n) is 7.08. The molecule has 0 fully saturated rings. The molecule has 0 spiro atoms. The van der Waals surface area contributed by atoms with E-state index >= 15 is 0 Å². The Bertz CT molecular complexity index is 2300. The zero-order chi connectivity index (χ0) is 33.3. The van der Waals surface area contributed by atoms with E-state index in [-0.39, 0.29) is 78.4 Å². The number of ketones is 2. The molecule has 5 aromatic rings. The van der Waals surface area contributed by atoms with Crippen LogP contribution in [-0.4, -0.2) is 67.2 Å². The summed E-state index contributed by atoms with van der Waals surface area (Å²) < 4.78 is 2.90. The first-order chi connectivity index (χ1) is 23.3. The summed E-state index contributed by atoms with van der Waals surface area (Å²) in [5.41, 5.74) is 2.40. The van der Waals surface area contributed by atoms with Gasteiger partial charge in [-0.2, -0.15) is 0 Å². The average molecular weight is 639 g/mol. The molecule has 0 radical (unpaired) electrons. The minimum Gasteiger partial charge on any atom is -0.292 e. The Morgan fingerprint density at radius 2 is 0.812 bits per heavy atom. The Morgan fingerprint density at radius 1 is 0.396 bits per heavy atom. The molecule has 0 N–H and O–H groups in total. The van der Waals surface area contributed by atoms with Crippen molar-refractivity contribution in [2.45, 2.75) is 25.9 Å². The Morgan fingerprint density at radius 3 is 1.29 bits per heavy atom. The van der Waals surface area contributed by atoms with Crippen LogP contribution < -0.4 is 5.69 Å². The van der Waals surface area contributed by atoms with Gasteiger partial charge in [0.15, 0.2) is 11.6 Å². The number of imide groups is 2. The summed E-state index contributed by atoms with van der Waals surface area (Å²) in [7, 11) is 0. The number of benzene rings is 4. The summed E-state index contributed by atoms with van der Waals surface area (Å²) in [6.07, 6.45) is 0.467. The predicted molar refractivity (Wildman–Crippen MR) is 172 cm³/mol. The Labute approximate surface area is 272 Å². The number of aromatic nitrogens is 2. The maximum Gasteiger partial charge on any atom is 0.329 e. The smallest absolute Gasteiger partial charge is 0.292 e. The number of nitrogens with zero attached hydrogens (tertiary/aromatic N) is 4. The normalized spacial score (nSPS) is 15.0. The van der Waals surface area contributed by atoms with Crippen molar-refractivity contribution >= 4 is 46.2 Å². The van der Waals surface area contributed by atoms with Crippen molar-refractivity contribution < 1.29 is 28.8 Å². The van der Waals surface area contributed by atoms with Crippen molar-refractivity contribution in [2.75, 3.05) is 13.1 Å². The molecule has 2 aliphatic heterocycles. The molecule has 4 aromatic carbocycles. The Kier molecular flexibility index (Phi) is 6.65. The van der Waals surface area contributed by atoms with Gasteiger partial charge >= 0.3 is 5.69 Å². The lowest BCUT2D eigenvalue weighted by Crippen LogP contribution is -2.33. The van der Waals surface area contributed by atoms with Gasteiger partial charge in [0, 0.05) is 42.9 Å². The molecule has 11 nitrogen and oxygen atoms in total. The van der Waals surface area contributed by atoms with E-state index in [1.807, 2.05) is 0 Å². The minimum absolute atomic E-state index is 0.0376. The summed E-state index contributed by atoms with van der Waals surface area (Å²) in [5, 5.41) is 0. The van der Waals surface area contributed by atoms with Gasteiger partial charge in [0.2, 0.25) is 0 Å². The molecule has 11 heteroatoms. The first kappa shape index (κ1) is 29.2. The van der Waals surface area contributed by atoms with Gasteiger partial charge in [0.1, 0.15) is 0 Å². The van der Waals surface area contributed by atoms with Crippen LogP contribution in [0.3, 0.4) is 0 Å². The second kappa shape index (κ2) is 10.9. The van der Waals surface area contributed by atoms with Crippen molar-refractivity contribution in [1.29, 1.82) is 0 Å². The number of fused-ring (bicyclic) bond motifs is 6. The third kappa shape index (κ3) is 4.17. The second-order valence-electron chi connectivity index (χ2n) is 12.0. The van der Waals surface area contributed by atoms with Crippen LogP contribution in [0.4, 0.5) is 0 Å². The van der Waals surface area contributed by atoms with Crippen LogP contribution in [0.25, 0.3) is 11.0 Å². The summed E-state index contributed by atoms with van der Waals surface area (Å²) in [4.78, 5) is 95.7. The van der Waals surface area contributed by atoms with Crippen molar-refractivity contribution in [3.63, 3.8) is 0 Å². The van der Waals surface area contributed by atoms with Gasteiger partial charge in [-0.15, -0.1) is 0 Å². The summed E-state index contributed by atoms with van der Waals surface area (Å²) in [6.45, 7) is 0.274. The van der Waals surface area contributed by atoms with Gasteiger partial charge in [-0.3, -0.25) is 47.7 Å². The molecule has 1 aromatic heterocycles. The highest BCUT2D eigenvalue weighted by molar-refractivity contribution is 6.31. The standard InChI is InChI=1S/C37H26N4O7/c42-31-21-9-1-2-10-22(21)32(43)29-27(31)15-16-28-30(29)39(18-8-20-41-35(46)25-13-5-6-14-26(25)36(41)47)37(48)38(28)17-7-19-40-33(44)23-11-3-4-12-24(23)34(40)45/h1-6,9-16H,7-8,17-20H2. The quantitative estimate of drug-likeness (QED) is 0.230. The number of carbonyl (C=O) groups excluding carboxylic acids is 6. The monoisotopic (exact) mass is 638 g/mol.